The molecule has 0 spiro atoms. The summed E-state index contributed by atoms with van der Waals surface area (Å²) >= 11 is 2.24. The van der Waals surface area contributed by atoms with E-state index < -0.39 is 0 Å². The molecule has 2 aromatic rings. The summed E-state index contributed by atoms with van der Waals surface area (Å²) in [7, 11) is 0. The van der Waals surface area contributed by atoms with Crippen LogP contribution in [0.2, 0.25) is 0 Å². The summed E-state index contributed by atoms with van der Waals surface area (Å²) in [5.41, 5.74) is 12.3. The number of aryl methyl sites for hydroxylation is 3. The van der Waals surface area contributed by atoms with Crippen molar-refractivity contribution in [1.82, 2.24) is 0 Å². The minimum absolute atomic E-state index is 0. The summed E-state index contributed by atoms with van der Waals surface area (Å²) in [4.78, 5) is 0. The van der Waals surface area contributed by atoms with Gasteiger partial charge in [0, 0.05) is 0 Å². The van der Waals surface area contributed by atoms with Crippen LogP contribution < -0.4 is 28.2 Å². The molecule has 0 saturated heterocycles. The molecule has 1 aliphatic rings. The van der Waals surface area contributed by atoms with E-state index in [0.717, 1.165) is 0 Å². The second-order valence-electron chi connectivity index (χ2n) is 8.86. The molecule has 0 bridgehead atoms. The Morgan fingerprint density at radius 3 is 1.93 bits per heavy atom. The van der Waals surface area contributed by atoms with Gasteiger partial charge in [0.05, 0.1) is 0 Å². The van der Waals surface area contributed by atoms with E-state index >= 15 is 0 Å². The number of allylic oxidation sites excluding steroid dienone is 4. The van der Waals surface area contributed by atoms with E-state index in [2.05, 4.69) is 122 Å². The van der Waals surface area contributed by atoms with Crippen LogP contribution in [0.5, 0.6) is 0 Å². The molecule has 3 rings (SSSR count). The number of nitrogens with zero attached hydrogens (tertiary/aromatic N) is 1. The second kappa shape index (κ2) is 10.1. The van der Waals surface area contributed by atoms with Crippen LogP contribution in [-0.2, 0) is 26.2 Å². The maximum absolute atomic E-state index is 2.46. The van der Waals surface area contributed by atoms with E-state index in [1.165, 1.54) is 50.2 Å². The molecular weight excluding hydrogens is 445 g/mol. The van der Waals surface area contributed by atoms with Crippen LogP contribution in [0.4, 0.5) is 5.69 Å². The molecule has 2 aromatic carbocycles. The number of hydrogen-bond donors (Lipinski definition) is 0. The van der Waals surface area contributed by atoms with E-state index in [4.69, 9.17) is 0 Å². The van der Waals surface area contributed by atoms with Crippen molar-refractivity contribution in [2.45, 2.75) is 60.9 Å². The van der Waals surface area contributed by atoms with Crippen molar-refractivity contribution in [3.8, 4) is 0 Å². The molecular formula is C26H32Cl2NTi. The van der Waals surface area contributed by atoms with E-state index in [1.54, 1.807) is 0 Å². The van der Waals surface area contributed by atoms with Gasteiger partial charge in [0.25, 0.3) is 0 Å². The van der Waals surface area contributed by atoms with Crippen LogP contribution in [0, 0.1) is 26.7 Å². The molecule has 0 radical (unpaired) electrons. The molecule has 1 atom stereocenters. The van der Waals surface area contributed by atoms with Crippen molar-refractivity contribution < 1.29 is 45.5 Å². The third-order valence-electron chi connectivity index (χ3n) is 6.25. The maximum atomic E-state index is 2.46. The van der Waals surface area contributed by atoms with Gasteiger partial charge >= 0.3 is 184 Å². The van der Waals surface area contributed by atoms with Crippen LogP contribution in [-0.4, -0.2) is 0 Å². The van der Waals surface area contributed by atoms with Gasteiger partial charge in [0.2, 0.25) is 0 Å². The van der Waals surface area contributed by atoms with Gasteiger partial charge < -0.3 is 24.8 Å². The van der Waals surface area contributed by atoms with Crippen molar-refractivity contribution in [3.05, 3.63) is 81.4 Å². The fraction of sp³-hybridized carbons (Fsp3) is 0.385. The van der Waals surface area contributed by atoms with Gasteiger partial charge in [0.1, 0.15) is 0 Å². The summed E-state index contributed by atoms with van der Waals surface area (Å²) in [5, 5.41) is 0. The third-order valence-corrected chi connectivity index (χ3v) is 7.47. The molecule has 0 amide bonds. The monoisotopic (exact) mass is 476 g/mol. The van der Waals surface area contributed by atoms with E-state index in [-0.39, 0.29) is 30.4 Å². The fourth-order valence-corrected chi connectivity index (χ4v) is 5.50. The maximum Gasteiger partial charge on any atom is -1.00 e. The van der Waals surface area contributed by atoms with Crippen molar-refractivity contribution >= 4 is 11.3 Å². The van der Waals surface area contributed by atoms with Crippen molar-refractivity contribution in [3.63, 3.8) is 0 Å². The molecule has 0 heterocycles. The minimum Gasteiger partial charge on any atom is -1.00 e. The van der Waals surface area contributed by atoms with Gasteiger partial charge in [-0.05, 0) is 0 Å². The van der Waals surface area contributed by atoms with Gasteiger partial charge in [-0.15, -0.1) is 0 Å². The normalized spacial score (nSPS) is 16.1. The van der Waals surface area contributed by atoms with E-state index in [1.807, 2.05) is 0 Å². The predicted octanol–water partition coefficient (Wildman–Crippen LogP) is 1.19. The van der Waals surface area contributed by atoms with Gasteiger partial charge in [-0.2, -0.15) is 0 Å². The minimum atomic E-state index is -0.134. The Morgan fingerprint density at radius 2 is 1.43 bits per heavy atom. The van der Waals surface area contributed by atoms with Gasteiger partial charge in [-0.1, -0.05) is 0 Å². The topological polar surface area (TPSA) is 3.24 Å². The van der Waals surface area contributed by atoms with Crippen LogP contribution in [0.15, 0.2) is 53.6 Å². The standard InChI is InChI=1S/C26H32N.2ClH.Ti/c1-16-13-19(4)25(20(5)14-16)27-26(7,8)23-12-10-9-11-22(23)24-18(3)15-17(2)21(24)6;;;/h9-15,18H,1-8H3;2*1H;/q-1;;;+3/p-2. The predicted molar refractivity (Wildman–Crippen MR) is 118 cm³/mol. The first-order valence-corrected chi connectivity index (χ1v) is 10.8. The molecule has 0 saturated carbocycles. The molecule has 0 N–H and O–H groups in total. The smallest absolute Gasteiger partial charge is 1.00 e. The summed E-state index contributed by atoms with van der Waals surface area (Å²) in [6.45, 7) is 18.2. The summed E-state index contributed by atoms with van der Waals surface area (Å²) < 4.78 is 2.46. The molecule has 30 heavy (non-hydrogen) atoms. The van der Waals surface area contributed by atoms with Gasteiger partial charge in [0.15, 0.2) is 0 Å². The quantitative estimate of drug-likeness (QED) is 0.599. The SMILES string of the molecule is CC1=CC(C)C(c2ccccc2C(C)(C)[N]([Ti+2])c2c(C)cc(C)cc2C)=C1C.[Cl-].[Cl-]. The average Bonchev–Trinajstić information content (AvgIpc) is 2.86. The number of benzene rings is 2. The number of halogens is 2. The molecule has 1 nitrogen and oxygen atoms in total. The van der Waals surface area contributed by atoms with E-state index in [9.17, 15) is 0 Å². The number of anilines is 1. The Morgan fingerprint density at radius 1 is 0.900 bits per heavy atom. The Bertz CT molecular complexity index is 965. The first-order valence-electron chi connectivity index (χ1n) is 10.1. The van der Waals surface area contributed by atoms with Crippen molar-refractivity contribution in [1.29, 1.82) is 0 Å². The summed E-state index contributed by atoms with van der Waals surface area (Å²) in [5.74, 6) is 0.463. The zero-order valence-corrected chi connectivity index (χ0v) is 22.4. The zero-order valence-electron chi connectivity index (χ0n) is 19.3. The largest absolute Gasteiger partial charge is 1.00 e. The third kappa shape index (κ3) is 4.75. The summed E-state index contributed by atoms with van der Waals surface area (Å²) in [6.07, 6.45) is 2.40. The van der Waals surface area contributed by atoms with E-state index in [0.29, 0.717) is 5.92 Å². The Hall–Kier alpha value is -0.986. The molecule has 1 aliphatic carbocycles. The van der Waals surface area contributed by atoms with Crippen LogP contribution in [0.3, 0.4) is 0 Å². The first-order chi connectivity index (χ1) is 13.1. The Balaban J connectivity index is 0.00000225. The molecule has 159 valence electrons. The fourth-order valence-electron chi connectivity index (χ4n) is 4.76. The average molecular weight is 477 g/mol. The molecule has 0 fully saturated rings. The number of hydrogen-bond acceptors (Lipinski definition) is 1. The van der Waals surface area contributed by atoms with Crippen molar-refractivity contribution in [2.24, 2.45) is 5.92 Å². The van der Waals surface area contributed by atoms with Gasteiger partial charge in [-0.3, -0.25) is 0 Å². The molecule has 0 aliphatic heterocycles. The van der Waals surface area contributed by atoms with Crippen LogP contribution in [0.25, 0.3) is 5.57 Å². The van der Waals surface area contributed by atoms with Crippen LogP contribution >= 0.6 is 0 Å². The van der Waals surface area contributed by atoms with Crippen molar-refractivity contribution in [2.75, 3.05) is 3.38 Å². The molecule has 1 unspecified atom stereocenters. The zero-order chi connectivity index (χ0) is 20.8. The molecule has 0 aromatic heterocycles. The van der Waals surface area contributed by atoms with Crippen LogP contribution in [0.1, 0.15) is 62.4 Å². The first kappa shape index (κ1) is 27.0. The Kier molecular flexibility index (Phi) is 9.10. The number of rotatable bonds is 4. The second-order valence-corrected chi connectivity index (χ2v) is 9.56. The van der Waals surface area contributed by atoms with Gasteiger partial charge in [-0.25, -0.2) is 0 Å². The molecule has 4 heteroatoms. The summed E-state index contributed by atoms with van der Waals surface area (Å²) in [6, 6.07) is 13.6. The Labute approximate surface area is 207 Å².